The van der Waals surface area contributed by atoms with Crippen molar-refractivity contribution < 1.29 is 9.84 Å². The minimum atomic E-state index is -0.519. The van der Waals surface area contributed by atoms with Crippen LogP contribution in [0.2, 0.25) is 0 Å². The summed E-state index contributed by atoms with van der Waals surface area (Å²) in [6.45, 7) is 7.38. The maximum absolute atomic E-state index is 10.0. The number of likely N-dealkylation sites (N-methyl/N-ethyl adjacent to an activating group) is 1. The Balaban J connectivity index is 2.76. The Morgan fingerprint density at radius 3 is 2.62 bits per heavy atom. The van der Waals surface area contributed by atoms with Crippen molar-refractivity contribution in [2.75, 3.05) is 13.1 Å². The zero-order chi connectivity index (χ0) is 12.0. The second-order valence-corrected chi connectivity index (χ2v) is 4.03. The Bertz CT molecular complexity index is 313. The monoisotopic (exact) mass is 223 g/mol. The summed E-state index contributed by atoms with van der Waals surface area (Å²) in [7, 11) is 0. The van der Waals surface area contributed by atoms with Crippen molar-refractivity contribution in [1.82, 2.24) is 5.32 Å². The zero-order valence-corrected chi connectivity index (χ0v) is 10.2. The molecule has 1 atom stereocenters. The van der Waals surface area contributed by atoms with Crippen molar-refractivity contribution in [3.05, 3.63) is 29.8 Å². The molecule has 0 aliphatic heterocycles. The van der Waals surface area contributed by atoms with Crippen LogP contribution >= 0.6 is 0 Å². The minimum absolute atomic E-state index is 0.118. The van der Waals surface area contributed by atoms with Crippen LogP contribution < -0.4 is 10.1 Å². The molecule has 0 aromatic heterocycles. The van der Waals surface area contributed by atoms with Gasteiger partial charge in [0.15, 0.2) is 0 Å². The molecule has 90 valence electrons. The largest absolute Gasteiger partial charge is 0.491 e. The van der Waals surface area contributed by atoms with Gasteiger partial charge in [0, 0.05) is 12.1 Å². The SMILES string of the molecule is CCNCC(O)c1ccccc1OC(C)C. The number of nitrogens with one attached hydrogen (secondary N) is 1. The van der Waals surface area contributed by atoms with E-state index in [1.54, 1.807) is 0 Å². The van der Waals surface area contributed by atoms with Gasteiger partial charge in [0.25, 0.3) is 0 Å². The Morgan fingerprint density at radius 1 is 1.31 bits per heavy atom. The number of ether oxygens (including phenoxy) is 1. The summed E-state index contributed by atoms with van der Waals surface area (Å²) in [5, 5.41) is 13.1. The summed E-state index contributed by atoms with van der Waals surface area (Å²) < 4.78 is 5.66. The lowest BCUT2D eigenvalue weighted by Crippen LogP contribution is -2.21. The van der Waals surface area contributed by atoms with E-state index < -0.39 is 6.10 Å². The van der Waals surface area contributed by atoms with Crippen LogP contribution in [0.5, 0.6) is 5.75 Å². The second-order valence-electron chi connectivity index (χ2n) is 4.03. The number of rotatable bonds is 6. The third kappa shape index (κ3) is 3.83. The fraction of sp³-hybridized carbons (Fsp3) is 0.538. The molecule has 3 nitrogen and oxygen atoms in total. The van der Waals surface area contributed by atoms with Gasteiger partial charge in [0.05, 0.1) is 12.2 Å². The van der Waals surface area contributed by atoms with Crippen LogP contribution in [0.15, 0.2) is 24.3 Å². The van der Waals surface area contributed by atoms with Gasteiger partial charge in [0.2, 0.25) is 0 Å². The third-order valence-corrected chi connectivity index (χ3v) is 2.23. The van der Waals surface area contributed by atoms with E-state index in [2.05, 4.69) is 5.32 Å². The van der Waals surface area contributed by atoms with Gasteiger partial charge in [-0.1, -0.05) is 25.1 Å². The van der Waals surface area contributed by atoms with Gasteiger partial charge in [-0.25, -0.2) is 0 Å². The van der Waals surface area contributed by atoms with Crippen LogP contribution in [0.25, 0.3) is 0 Å². The molecule has 16 heavy (non-hydrogen) atoms. The van der Waals surface area contributed by atoms with Crippen LogP contribution in [0.3, 0.4) is 0 Å². The number of benzene rings is 1. The molecule has 1 rings (SSSR count). The van der Waals surface area contributed by atoms with E-state index in [0.717, 1.165) is 17.9 Å². The van der Waals surface area contributed by atoms with Crippen LogP contribution in [-0.2, 0) is 0 Å². The van der Waals surface area contributed by atoms with Crippen molar-refractivity contribution in [3.8, 4) is 5.75 Å². The molecule has 0 bridgehead atoms. The van der Waals surface area contributed by atoms with Gasteiger partial charge in [-0.3, -0.25) is 0 Å². The minimum Gasteiger partial charge on any atom is -0.491 e. The molecule has 0 saturated carbocycles. The molecular formula is C13H21NO2. The van der Waals surface area contributed by atoms with Gasteiger partial charge < -0.3 is 15.2 Å². The average Bonchev–Trinajstić information content (AvgIpc) is 2.26. The molecule has 2 N–H and O–H groups in total. The maximum atomic E-state index is 10.0. The molecule has 1 unspecified atom stereocenters. The summed E-state index contributed by atoms with van der Waals surface area (Å²) >= 11 is 0. The molecule has 0 amide bonds. The van der Waals surface area contributed by atoms with E-state index in [-0.39, 0.29) is 6.10 Å². The highest BCUT2D eigenvalue weighted by Crippen LogP contribution is 2.25. The molecule has 3 heteroatoms. The normalized spacial score (nSPS) is 12.8. The fourth-order valence-electron chi connectivity index (χ4n) is 1.51. The van der Waals surface area contributed by atoms with Gasteiger partial charge >= 0.3 is 0 Å². The number of hydrogen-bond acceptors (Lipinski definition) is 3. The first-order valence-electron chi connectivity index (χ1n) is 5.79. The predicted octanol–water partition coefficient (Wildman–Crippen LogP) is 2.12. The first kappa shape index (κ1) is 13.0. The number of para-hydroxylation sites is 1. The van der Waals surface area contributed by atoms with Crippen molar-refractivity contribution in [3.63, 3.8) is 0 Å². The topological polar surface area (TPSA) is 41.5 Å². The van der Waals surface area contributed by atoms with E-state index >= 15 is 0 Å². The summed E-state index contributed by atoms with van der Waals surface area (Å²) in [6.07, 6.45) is -0.401. The van der Waals surface area contributed by atoms with Crippen molar-refractivity contribution in [1.29, 1.82) is 0 Å². The van der Waals surface area contributed by atoms with Gasteiger partial charge in [-0.15, -0.1) is 0 Å². The molecule has 0 aliphatic carbocycles. The standard InChI is InChI=1S/C13H21NO2/c1-4-14-9-12(15)11-7-5-6-8-13(11)16-10(2)3/h5-8,10,12,14-15H,4,9H2,1-3H3. The molecule has 0 radical (unpaired) electrons. The Morgan fingerprint density at radius 2 is 2.00 bits per heavy atom. The highest BCUT2D eigenvalue weighted by atomic mass is 16.5. The Hall–Kier alpha value is -1.06. The first-order chi connectivity index (χ1) is 7.65. The van der Waals surface area contributed by atoms with Crippen LogP contribution in [0, 0.1) is 0 Å². The van der Waals surface area contributed by atoms with Crippen LogP contribution in [0.4, 0.5) is 0 Å². The smallest absolute Gasteiger partial charge is 0.125 e. The lowest BCUT2D eigenvalue weighted by Gasteiger charge is -2.18. The van der Waals surface area contributed by atoms with Gasteiger partial charge in [-0.2, -0.15) is 0 Å². The zero-order valence-electron chi connectivity index (χ0n) is 10.2. The fourth-order valence-corrected chi connectivity index (χ4v) is 1.51. The number of aliphatic hydroxyl groups excluding tert-OH is 1. The van der Waals surface area contributed by atoms with E-state index in [1.165, 1.54) is 0 Å². The summed E-state index contributed by atoms with van der Waals surface area (Å²) in [4.78, 5) is 0. The molecule has 0 saturated heterocycles. The summed E-state index contributed by atoms with van der Waals surface area (Å²) in [5.41, 5.74) is 0.845. The van der Waals surface area contributed by atoms with E-state index in [0.29, 0.717) is 6.54 Å². The molecule has 0 aliphatic rings. The Labute approximate surface area is 97.4 Å². The lowest BCUT2D eigenvalue weighted by atomic mass is 10.1. The average molecular weight is 223 g/mol. The van der Waals surface area contributed by atoms with E-state index in [4.69, 9.17) is 4.74 Å². The third-order valence-electron chi connectivity index (χ3n) is 2.23. The van der Waals surface area contributed by atoms with Gasteiger partial charge in [0.1, 0.15) is 5.75 Å². The van der Waals surface area contributed by atoms with Crippen molar-refractivity contribution >= 4 is 0 Å². The van der Waals surface area contributed by atoms with E-state index in [1.807, 2.05) is 45.0 Å². The maximum Gasteiger partial charge on any atom is 0.125 e. The first-order valence-corrected chi connectivity index (χ1v) is 5.79. The highest BCUT2D eigenvalue weighted by molar-refractivity contribution is 5.35. The molecule has 0 heterocycles. The molecule has 1 aromatic carbocycles. The van der Waals surface area contributed by atoms with Crippen LogP contribution in [0.1, 0.15) is 32.4 Å². The predicted molar refractivity (Wildman–Crippen MR) is 65.7 cm³/mol. The molecule has 0 fully saturated rings. The van der Waals surface area contributed by atoms with Gasteiger partial charge in [-0.05, 0) is 26.5 Å². The second kappa shape index (κ2) is 6.51. The van der Waals surface area contributed by atoms with E-state index in [9.17, 15) is 5.11 Å². The molecule has 1 aromatic rings. The number of aliphatic hydroxyl groups is 1. The summed E-state index contributed by atoms with van der Waals surface area (Å²) in [6, 6.07) is 7.63. The highest BCUT2D eigenvalue weighted by Gasteiger charge is 2.13. The number of hydrogen-bond donors (Lipinski definition) is 2. The quantitative estimate of drug-likeness (QED) is 0.776. The van der Waals surface area contributed by atoms with Crippen molar-refractivity contribution in [2.45, 2.75) is 33.0 Å². The summed E-state index contributed by atoms with van der Waals surface area (Å²) in [5.74, 6) is 0.767. The Kier molecular flexibility index (Phi) is 5.29. The molecule has 0 spiro atoms. The van der Waals surface area contributed by atoms with Crippen molar-refractivity contribution in [2.24, 2.45) is 0 Å². The van der Waals surface area contributed by atoms with Crippen LogP contribution in [-0.4, -0.2) is 24.3 Å². The lowest BCUT2D eigenvalue weighted by molar-refractivity contribution is 0.164. The molecular weight excluding hydrogens is 202 g/mol.